The van der Waals surface area contributed by atoms with Gasteiger partial charge in [-0.25, -0.2) is 4.39 Å². The zero-order valence-electron chi connectivity index (χ0n) is 10.2. The fraction of sp³-hybridized carbons (Fsp3) is 0.143. The van der Waals surface area contributed by atoms with Crippen molar-refractivity contribution in [2.75, 3.05) is 20.0 Å². The highest BCUT2D eigenvalue weighted by atomic mass is 19.1. The van der Waals surface area contributed by atoms with Crippen LogP contribution < -0.4 is 15.2 Å². The van der Waals surface area contributed by atoms with Crippen molar-refractivity contribution in [1.29, 1.82) is 0 Å². The van der Waals surface area contributed by atoms with Gasteiger partial charge in [0.15, 0.2) is 0 Å². The number of nitrogens with two attached hydrogens (primary N) is 1. The molecule has 0 heterocycles. The first kappa shape index (κ1) is 12.2. The Hall–Kier alpha value is -2.23. The fourth-order valence-electron chi connectivity index (χ4n) is 1.80. The van der Waals surface area contributed by atoms with Gasteiger partial charge in [-0.1, -0.05) is 0 Å². The molecule has 0 aliphatic rings. The summed E-state index contributed by atoms with van der Waals surface area (Å²) in [5, 5.41) is 0. The highest BCUT2D eigenvalue weighted by Crippen LogP contribution is 2.36. The third-order valence-electron chi connectivity index (χ3n) is 2.71. The summed E-state index contributed by atoms with van der Waals surface area (Å²) in [6, 6.07) is 9.67. The van der Waals surface area contributed by atoms with Gasteiger partial charge in [0, 0.05) is 16.8 Å². The van der Waals surface area contributed by atoms with Crippen LogP contribution in [0.5, 0.6) is 11.5 Å². The van der Waals surface area contributed by atoms with Crippen LogP contribution in [0.1, 0.15) is 0 Å². The first-order chi connectivity index (χ1) is 8.65. The van der Waals surface area contributed by atoms with Gasteiger partial charge < -0.3 is 15.2 Å². The van der Waals surface area contributed by atoms with Crippen LogP contribution in [0.4, 0.5) is 10.1 Å². The summed E-state index contributed by atoms with van der Waals surface area (Å²) in [6.45, 7) is 0. The Labute approximate surface area is 105 Å². The van der Waals surface area contributed by atoms with E-state index in [-0.39, 0.29) is 5.82 Å². The van der Waals surface area contributed by atoms with E-state index in [2.05, 4.69) is 0 Å². The largest absolute Gasteiger partial charge is 0.497 e. The van der Waals surface area contributed by atoms with Gasteiger partial charge in [0.25, 0.3) is 0 Å². The predicted molar refractivity (Wildman–Crippen MR) is 69.4 cm³/mol. The van der Waals surface area contributed by atoms with Gasteiger partial charge in [0.2, 0.25) is 0 Å². The molecule has 0 bridgehead atoms. The van der Waals surface area contributed by atoms with Gasteiger partial charge in [-0.05, 0) is 36.4 Å². The van der Waals surface area contributed by atoms with Crippen LogP contribution in [0.25, 0.3) is 11.1 Å². The number of benzene rings is 2. The monoisotopic (exact) mass is 247 g/mol. The lowest BCUT2D eigenvalue weighted by atomic mass is 10.0. The van der Waals surface area contributed by atoms with Crippen LogP contribution in [-0.4, -0.2) is 14.2 Å². The van der Waals surface area contributed by atoms with Crippen molar-refractivity contribution in [1.82, 2.24) is 0 Å². The second-order valence-corrected chi connectivity index (χ2v) is 3.80. The number of anilines is 1. The molecule has 2 aromatic rings. The molecule has 3 nitrogen and oxygen atoms in total. The van der Waals surface area contributed by atoms with E-state index < -0.39 is 0 Å². The molecule has 94 valence electrons. The minimum absolute atomic E-state index is 0.363. The molecule has 2 aromatic carbocycles. The van der Waals surface area contributed by atoms with E-state index >= 15 is 0 Å². The number of ether oxygens (including phenoxy) is 2. The number of hydrogen-bond acceptors (Lipinski definition) is 3. The van der Waals surface area contributed by atoms with E-state index in [1.165, 1.54) is 12.1 Å². The van der Waals surface area contributed by atoms with Gasteiger partial charge in [-0.2, -0.15) is 0 Å². The number of halogens is 1. The second kappa shape index (κ2) is 4.96. The molecule has 0 unspecified atom stereocenters. The lowest BCUT2D eigenvalue weighted by Gasteiger charge is -2.12. The molecule has 0 saturated carbocycles. The van der Waals surface area contributed by atoms with E-state index in [9.17, 15) is 4.39 Å². The van der Waals surface area contributed by atoms with Gasteiger partial charge in [0.05, 0.1) is 14.2 Å². The molecule has 0 aliphatic heterocycles. The second-order valence-electron chi connectivity index (χ2n) is 3.80. The zero-order valence-corrected chi connectivity index (χ0v) is 10.2. The van der Waals surface area contributed by atoms with Gasteiger partial charge in [-0.15, -0.1) is 0 Å². The number of hydrogen-bond donors (Lipinski definition) is 1. The van der Waals surface area contributed by atoms with E-state index in [0.29, 0.717) is 22.7 Å². The molecule has 0 aromatic heterocycles. The number of methoxy groups -OCH3 is 2. The molecule has 0 aliphatic carbocycles. The van der Waals surface area contributed by atoms with Gasteiger partial charge in [0.1, 0.15) is 17.3 Å². The molecule has 0 fully saturated rings. The Morgan fingerprint density at radius 1 is 0.944 bits per heavy atom. The highest BCUT2D eigenvalue weighted by molar-refractivity contribution is 5.81. The summed E-state index contributed by atoms with van der Waals surface area (Å²) in [5.74, 6) is 0.988. The molecular weight excluding hydrogens is 233 g/mol. The van der Waals surface area contributed by atoms with Crippen molar-refractivity contribution in [3.63, 3.8) is 0 Å². The first-order valence-electron chi connectivity index (χ1n) is 5.43. The lowest BCUT2D eigenvalue weighted by Crippen LogP contribution is -1.95. The molecule has 0 amide bonds. The van der Waals surface area contributed by atoms with Crippen molar-refractivity contribution in [2.24, 2.45) is 0 Å². The Kier molecular flexibility index (Phi) is 3.37. The van der Waals surface area contributed by atoms with Crippen molar-refractivity contribution in [3.05, 3.63) is 42.2 Å². The van der Waals surface area contributed by atoms with Crippen LogP contribution in [0, 0.1) is 5.82 Å². The third-order valence-corrected chi connectivity index (χ3v) is 2.71. The highest BCUT2D eigenvalue weighted by Gasteiger charge is 2.11. The maximum absolute atomic E-state index is 13.1. The van der Waals surface area contributed by atoms with Gasteiger partial charge >= 0.3 is 0 Å². The smallest absolute Gasteiger partial charge is 0.127 e. The Morgan fingerprint density at radius 2 is 1.72 bits per heavy atom. The average Bonchev–Trinajstić information content (AvgIpc) is 2.38. The molecule has 18 heavy (non-hydrogen) atoms. The van der Waals surface area contributed by atoms with Crippen molar-refractivity contribution in [3.8, 4) is 22.6 Å². The third kappa shape index (κ3) is 2.22. The van der Waals surface area contributed by atoms with E-state index in [1.54, 1.807) is 32.4 Å². The van der Waals surface area contributed by atoms with Crippen LogP contribution in [0.2, 0.25) is 0 Å². The zero-order chi connectivity index (χ0) is 13.1. The molecule has 4 heteroatoms. The number of rotatable bonds is 3. The molecule has 0 atom stereocenters. The number of nitrogen functional groups attached to an aromatic ring is 1. The maximum atomic E-state index is 13.1. The van der Waals surface area contributed by atoms with E-state index in [4.69, 9.17) is 15.2 Å². The summed E-state index contributed by atoms with van der Waals surface area (Å²) in [5.41, 5.74) is 7.68. The summed E-state index contributed by atoms with van der Waals surface area (Å²) in [4.78, 5) is 0. The topological polar surface area (TPSA) is 44.5 Å². The Bertz CT molecular complexity index is 570. The quantitative estimate of drug-likeness (QED) is 0.848. The van der Waals surface area contributed by atoms with Crippen molar-refractivity contribution >= 4 is 5.69 Å². The van der Waals surface area contributed by atoms with Crippen molar-refractivity contribution in [2.45, 2.75) is 0 Å². The molecular formula is C14H14FNO2. The minimum Gasteiger partial charge on any atom is -0.497 e. The molecule has 0 spiro atoms. The fourth-order valence-corrected chi connectivity index (χ4v) is 1.80. The summed E-state index contributed by atoms with van der Waals surface area (Å²) in [7, 11) is 3.16. The average molecular weight is 247 g/mol. The van der Waals surface area contributed by atoms with E-state index in [0.717, 1.165) is 5.56 Å². The van der Waals surface area contributed by atoms with Crippen LogP contribution in [-0.2, 0) is 0 Å². The summed E-state index contributed by atoms with van der Waals surface area (Å²) >= 11 is 0. The van der Waals surface area contributed by atoms with Gasteiger partial charge in [-0.3, -0.25) is 0 Å². The van der Waals surface area contributed by atoms with Crippen LogP contribution in [0.3, 0.4) is 0 Å². The standard InChI is InChI=1S/C14H14FNO2/c1-17-10-4-6-14(18-2)12(8-10)11-5-3-9(15)7-13(11)16/h3-8H,16H2,1-2H3. The molecule has 0 saturated heterocycles. The van der Waals surface area contributed by atoms with Crippen LogP contribution in [0.15, 0.2) is 36.4 Å². The maximum Gasteiger partial charge on any atom is 0.127 e. The normalized spacial score (nSPS) is 10.2. The van der Waals surface area contributed by atoms with Crippen molar-refractivity contribution < 1.29 is 13.9 Å². The lowest BCUT2D eigenvalue weighted by molar-refractivity contribution is 0.404. The summed E-state index contributed by atoms with van der Waals surface area (Å²) < 4.78 is 23.5. The Balaban J connectivity index is 2.60. The molecule has 0 radical (unpaired) electrons. The Morgan fingerprint density at radius 3 is 2.33 bits per heavy atom. The summed E-state index contributed by atoms with van der Waals surface area (Å²) in [6.07, 6.45) is 0. The van der Waals surface area contributed by atoms with E-state index in [1.807, 2.05) is 6.07 Å². The minimum atomic E-state index is -0.363. The molecule has 2 N–H and O–H groups in total. The first-order valence-corrected chi connectivity index (χ1v) is 5.43. The molecule has 2 rings (SSSR count). The van der Waals surface area contributed by atoms with Crippen LogP contribution >= 0.6 is 0 Å². The SMILES string of the molecule is COc1ccc(OC)c(-c2ccc(F)cc2N)c1. The predicted octanol–water partition coefficient (Wildman–Crippen LogP) is 3.09.